The Labute approximate surface area is 119 Å². The number of hydrogen-bond donors (Lipinski definition) is 0. The van der Waals surface area contributed by atoms with E-state index in [1.165, 1.54) is 14.1 Å². The second-order valence-electron chi connectivity index (χ2n) is 4.05. The lowest BCUT2D eigenvalue weighted by Gasteiger charge is -2.12. The third kappa shape index (κ3) is 2.31. The first-order valence-electron chi connectivity index (χ1n) is 5.59. The van der Waals surface area contributed by atoms with E-state index in [-0.39, 0.29) is 11.4 Å². The fourth-order valence-corrected chi connectivity index (χ4v) is 1.78. The van der Waals surface area contributed by atoms with Gasteiger partial charge in [0.05, 0.1) is 0 Å². The van der Waals surface area contributed by atoms with Crippen LogP contribution in [-0.2, 0) is 14.1 Å². The summed E-state index contributed by atoms with van der Waals surface area (Å²) < 4.78 is 7.43. The molecule has 0 saturated heterocycles. The number of nitrogens with zero attached hydrogens (tertiary/aromatic N) is 3. The molecule has 0 saturated carbocycles. The summed E-state index contributed by atoms with van der Waals surface area (Å²) in [5, 5.41) is 9.61. The molecule has 7 heteroatoms. The topological polar surface area (TPSA) is 77.0 Å². The second kappa shape index (κ2) is 5.23. The maximum atomic E-state index is 11.9. The Kier molecular flexibility index (Phi) is 3.63. The molecular weight excluding hydrogens is 282 g/mol. The molecule has 6 nitrogen and oxygen atoms in total. The smallest absolute Gasteiger partial charge is 0.333 e. The van der Waals surface area contributed by atoms with Crippen molar-refractivity contribution in [2.75, 3.05) is 0 Å². The zero-order valence-electron chi connectivity index (χ0n) is 10.8. The molecule has 1 heterocycles. The summed E-state index contributed by atoms with van der Waals surface area (Å²) in [6, 6.07) is 8.11. The van der Waals surface area contributed by atoms with Crippen LogP contribution < -0.4 is 16.0 Å². The number of nitriles is 1. The van der Waals surface area contributed by atoms with E-state index >= 15 is 0 Å². The largest absolute Gasteiger partial charge is 0.439 e. The van der Waals surface area contributed by atoms with Crippen molar-refractivity contribution in [2.45, 2.75) is 0 Å². The van der Waals surface area contributed by atoms with E-state index in [1.807, 2.05) is 0 Å². The van der Waals surface area contributed by atoms with E-state index in [2.05, 4.69) is 0 Å². The summed E-state index contributed by atoms with van der Waals surface area (Å²) in [5.74, 6) is 0.275. The lowest BCUT2D eigenvalue weighted by Crippen LogP contribution is -2.38. The fraction of sp³-hybridized carbons (Fsp3) is 0.154. The van der Waals surface area contributed by atoms with Crippen molar-refractivity contribution in [1.82, 2.24) is 9.13 Å². The van der Waals surface area contributed by atoms with Crippen molar-refractivity contribution < 1.29 is 4.74 Å². The van der Waals surface area contributed by atoms with Gasteiger partial charge in [0.1, 0.15) is 11.8 Å². The van der Waals surface area contributed by atoms with Crippen LogP contribution in [0.5, 0.6) is 11.6 Å². The van der Waals surface area contributed by atoms with Gasteiger partial charge in [0, 0.05) is 19.1 Å². The van der Waals surface area contributed by atoms with Gasteiger partial charge in [-0.1, -0.05) is 11.6 Å². The first kappa shape index (κ1) is 13.9. The van der Waals surface area contributed by atoms with Crippen molar-refractivity contribution in [3.63, 3.8) is 0 Å². The highest BCUT2D eigenvalue weighted by atomic mass is 35.5. The first-order valence-corrected chi connectivity index (χ1v) is 5.97. The first-order chi connectivity index (χ1) is 9.45. The molecule has 20 heavy (non-hydrogen) atoms. The summed E-state index contributed by atoms with van der Waals surface area (Å²) in [6.45, 7) is 0. The number of benzene rings is 1. The van der Waals surface area contributed by atoms with Crippen LogP contribution in [0.15, 0.2) is 33.9 Å². The number of hydrogen-bond acceptors (Lipinski definition) is 4. The van der Waals surface area contributed by atoms with Crippen molar-refractivity contribution in [3.05, 3.63) is 55.7 Å². The molecule has 1 aromatic heterocycles. The van der Waals surface area contributed by atoms with Crippen LogP contribution in [0.3, 0.4) is 0 Å². The summed E-state index contributed by atoms with van der Waals surface area (Å²) in [6.07, 6.45) is 0. The zero-order valence-corrected chi connectivity index (χ0v) is 11.5. The Morgan fingerprint density at radius 1 is 1.15 bits per heavy atom. The third-order valence-electron chi connectivity index (χ3n) is 2.75. The van der Waals surface area contributed by atoms with Crippen molar-refractivity contribution in [3.8, 4) is 17.7 Å². The van der Waals surface area contributed by atoms with E-state index in [0.29, 0.717) is 10.8 Å². The molecule has 0 spiro atoms. The zero-order chi connectivity index (χ0) is 14.9. The Hall–Kier alpha value is -2.52. The third-order valence-corrected chi connectivity index (χ3v) is 3.00. The van der Waals surface area contributed by atoms with Crippen molar-refractivity contribution in [2.24, 2.45) is 14.1 Å². The summed E-state index contributed by atoms with van der Waals surface area (Å²) in [5.41, 5.74) is -1.50. The molecule has 0 radical (unpaired) electrons. The van der Waals surface area contributed by atoms with Gasteiger partial charge in [-0.2, -0.15) is 5.26 Å². The molecule has 0 aliphatic carbocycles. The van der Waals surface area contributed by atoms with Gasteiger partial charge in [-0.05, 0) is 24.3 Å². The van der Waals surface area contributed by atoms with E-state index < -0.39 is 11.2 Å². The predicted molar refractivity (Wildman–Crippen MR) is 73.2 cm³/mol. The number of aromatic nitrogens is 2. The standard InChI is InChI=1S/C13H10ClN3O3/c1-16-11(18)10(7-15)12(17(2)13(16)19)20-9-5-3-8(14)4-6-9/h3-6H,1-2H3. The molecule has 0 aliphatic heterocycles. The van der Waals surface area contributed by atoms with Gasteiger partial charge < -0.3 is 4.74 Å². The Morgan fingerprint density at radius 2 is 1.75 bits per heavy atom. The molecule has 2 rings (SSSR count). The summed E-state index contributed by atoms with van der Waals surface area (Å²) in [4.78, 5) is 23.7. The minimum atomic E-state index is -0.695. The molecule has 0 atom stereocenters. The predicted octanol–water partition coefficient (Wildman–Crippen LogP) is 1.40. The van der Waals surface area contributed by atoms with Crippen molar-refractivity contribution >= 4 is 11.6 Å². The average molecular weight is 292 g/mol. The fourth-order valence-electron chi connectivity index (χ4n) is 1.66. The number of halogens is 1. The molecule has 0 amide bonds. The van der Waals surface area contributed by atoms with Crippen LogP contribution in [0.25, 0.3) is 0 Å². The van der Waals surface area contributed by atoms with E-state index in [4.69, 9.17) is 21.6 Å². The van der Waals surface area contributed by atoms with Crippen LogP contribution in [0, 0.1) is 11.3 Å². The van der Waals surface area contributed by atoms with Gasteiger partial charge in [-0.25, -0.2) is 4.79 Å². The maximum absolute atomic E-state index is 11.9. The number of ether oxygens (including phenoxy) is 1. The van der Waals surface area contributed by atoms with Crippen molar-refractivity contribution in [1.29, 1.82) is 5.26 Å². The molecule has 0 aliphatic rings. The van der Waals surface area contributed by atoms with Gasteiger partial charge in [-0.3, -0.25) is 13.9 Å². The minimum absolute atomic E-state index is 0.0945. The molecule has 1 aromatic carbocycles. The quantitative estimate of drug-likeness (QED) is 0.838. The molecular formula is C13H10ClN3O3. The Bertz CT molecular complexity index is 813. The van der Waals surface area contributed by atoms with Crippen LogP contribution in [-0.4, -0.2) is 9.13 Å². The lowest BCUT2D eigenvalue weighted by molar-refractivity contribution is 0.421. The highest BCUT2D eigenvalue weighted by Crippen LogP contribution is 2.23. The summed E-state index contributed by atoms with van der Waals surface area (Å²) in [7, 11) is 2.73. The molecule has 0 N–H and O–H groups in total. The minimum Gasteiger partial charge on any atom is -0.439 e. The molecule has 0 bridgehead atoms. The van der Waals surface area contributed by atoms with Crippen LogP contribution in [0.4, 0.5) is 0 Å². The van der Waals surface area contributed by atoms with E-state index in [0.717, 1.165) is 9.13 Å². The highest BCUT2D eigenvalue weighted by Gasteiger charge is 2.17. The monoisotopic (exact) mass is 291 g/mol. The van der Waals surface area contributed by atoms with Crippen LogP contribution in [0.2, 0.25) is 5.02 Å². The highest BCUT2D eigenvalue weighted by molar-refractivity contribution is 6.30. The molecule has 2 aromatic rings. The summed E-state index contributed by atoms with van der Waals surface area (Å²) >= 11 is 5.76. The molecule has 0 fully saturated rings. The van der Waals surface area contributed by atoms with Gasteiger partial charge in [0.25, 0.3) is 5.56 Å². The normalized spacial score (nSPS) is 10.1. The maximum Gasteiger partial charge on any atom is 0.333 e. The lowest BCUT2D eigenvalue weighted by atomic mass is 10.3. The number of rotatable bonds is 2. The van der Waals surface area contributed by atoms with Gasteiger partial charge in [0.15, 0.2) is 5.56 Å². The van der Waals surface area contributed by atoms with Crippen LogP contribution >= 0.6 is 11.6 Å². The average Bonchev–Trinajstić information content (AvgIpc) is 2.45. The van der Waals surface area contributed by atoms with E-state index in [9.17, 15) is 9.59 Å². The van der Waals surface area contributed by atoms with Gasteiger partial charge in [0.2, 0.25) is 5.88 Å². The van der Waals surface area contributed by atoms with Gasteiger partial charge in [-0.15, -0.1) is 0 Å². The van der Waals surface area contributed by atoms with Crippen LogP contribution in [0.1, 0.15) is 5.56 Å². The second-order valence-corrected chi connectivity index (χ2v) is 4.49. The van der Waals surface area contributed by atoms with E-state index in [1.54, 1.807) is 30.3 Å². The molecule has 102 valence electrons. The Morgan fingerprint density at radius 3 is 2.30 bits per heavy atom. The SMILES string of the molecule is Cn1c(Oc2ccc(Cl)cc2)c(C#N)c(=O)n(C)c1=O. The molecule has 0 unspecified atom stereocenters. The van der Waals surface area contributed by atoms with Gasteiger partial charge >= 0.3 is 5.69 Å². The Balaban J connectivity index is 2.63.